The average molecular weight is 318 g/mol. The van der Waals surface area contributed by atoms with Gasteiger partial charge >= 0.3 is 0 Å². The van der Waals surface area contributed by atoms with E-state index in [9.17, 15) is 8.42 Å². The monoisotopic (exact) mass is 318 g/mol. The molecule has 0 saturated carbocycles. The van der Waals surface area contributed by atoms with Gasteiger partial charge in [-0.3, -0.25) is 4.72 Å². The van der Waals surface area contributed by atoms with Gasteiger partial charge in [0, 0.05) is 5.69 Å². The maximum atomic E-state index is 12.4. The summed E-state index contributed by atoms with van der Waals surface area (Å²) in [6, 6.07) is 10.6. The molecule has 0 saturated heterocycles. The fraction of sp³-hybridized carbons (Fsp3) is 0.353. The molecule has 0 spiro atoms. The van der Waals surface area contributed by atoms with Gasteiger partial charge in [0.05, 0.1) is 4.90 Å². The number of rotatable bonds is 3. The number of anilines is 1. The molecule has 4 nitrogen and oxygen atoms in total. The van der Waals surface area contributed by atoms with Crippen molar-refractivity contribution in [2.75, 3.05) is 4.72 Å². The highest BCUT2D eigenvalue weighted by atomic mass is 32.2. The van der Waals surface area contributed by atoms with Gasteiger partial charge in [-0.25, -0.2) is 13.4 Å². The van der Waals surface area contributed by atoms with E-state index in [1.54, 1.807) is 18.2 Å². The number of sulfonamides is 1. The van der Waals surface area contributed by atoms with Crippen LogP contribution in [0.15, 0.2) is 41.3 Å². The predicted molar refractivity (Wildman–Crippen MR) is 89.7 cm³/mol. The highest BCUT2D eigenvalue weighted by Gasteiger charge is 2.18. The van der Waals surface area contributed by atoms with Crippen LogP contribution in [0.4, 0.5) is 5.82 Å². The van der Waals surface area contributed by atoms with E-state index in [-0.39, 0.29) is 10.3 Å². The molecule has 0 atom stereocenters. The van der Waals surface area contributed by atoms with E-state index in [0.717, 1.165) is 16.8 Å². The van der Waals surface area contributed by atoms with Crippen LogP contribution in [0.1, 0.15) is 37.6 Å². The summed E-state index contributed by atoms with van der Waals surface area (Å²) in [7, 11) is -3.62. The van der Waals surface area contributed by atoms with E-state index in [2.05, 4.69) is 30.5 Å². The van der Waals surface area contributed by atoms with Crippen LogP contribution in [0.2, 0.25) is 0 Å². The Hall–Kier alpha value is -1.88. The summed E-state index contributed by atoms with van der Waals surface area (Å²) in [5.41, 5.74) is 2.83. The van der Waals surface area contributed by atoms with Crippen molar-refractivity contribution in [1.29, 1.82) is 0 Å². The Morgan fingerprint density at radius 3 is 2.09 bits per heavy atom. The molecule has 1 heterocycles. The molecule has 1 aromatic heterocycles. The number of aryl methyl sites for hydroxylation is 2. The summed E-state index contributed by atoms with van der Waals surface area (Å²) in [5, 5.41) is 0. The van der Waals surface area contributed by atoms with Crippen molar-refractivity contribution in [2.24, 2.45) is 0 Å². The molecule has 2 rings (SSSR count). The van der Waals surface area contributed by atoms with Gasteiger partial charge in [-0.05, 0) is 54.7 Å². The van der Waals surface area contributed by atoms with E-state index in [0.29, 0.717) is 5.82 Å². The van der Waals surface area contributed by atoms with E-state index in [1.165, 1.54) is 0 Å². The number of hydrogen-bond donors (Lipinski definition) is 1. The molecule has 1 N–H and O–H groups in total. The lowest BCUT2D eigenvalue weighted by molar-refractivity contribution is 0.587. The second-order valence-corrected chi connectivity index (χ2v) is 8.23. The van der Waals surface area contributed by atoms with E-state index >= 15 is 0 Å². The molecule has 0 aliphatic rings. The molecule has 0 bridgehead atoms. The third-order valence-electron chi connectivity index (χ3n) is 3.37. The molecule has 0 fully saturated rings. The van der Waals surface area contributed by atoms with Crippen molar-refractivity contribution < 1.29 is 8.42 Å². The maximum Gasteiger partial charge on any atom is 0.263 e. The molecular weight excluding hydrogens is 296 g/mol. The first-order valence-corrected chi connectivity index (χ1v) is 8.65. The van der Waals surface area contributed by atoms with Crippen LogP contribution in [0.5, 0.6) is 0 Å². The van der Waals surface area contributed by atoms with Gasteiger partial charge in [-0.2, -0.15) is 0 Å². The zero-order valence-corrected chi connectivity index (χ0v) is 14.5. The van der Waals surface area contributed by atoms with Gasteiger partial charge < -0.3 is 0 Å². The zero-order valence-electron chi connectivity index (χ0n) is 13.6. The Morgan fingerprint density at radius 1 is 1.00 bits per heavy atom. The predicted octanol–water partition coefficient (Wildman–Crippen LogP) is 3.80. The molecule has 0 unspecified atom stereocenters. The first kappa shape index (κ1) is 16.5. The van der Waals surface area contributed by atoms with Crippen molar-refractivity contribution in [3.05, 3.63) is 53.2 Å². The smallest absolute Gasteiger partial charge is 0.263 e. The van der Waals surface area contributed by atoms with Crippen molar-refractivity contribution in [1.82, 2.24) is 4.98 Å². The summed E-state index contributed by atoms with van der Waals surface area (Å²) in [6.45, 7) is 10.0. The van der Waals surface area contributed by atoms with Crippen molar-refractivity contribution in [3.63, 3.8) is 0 Å². The molecule has 22 heavy (non-hydrogen) atoms. The van der Waals surface area contributed by atoms with Gasteiger partial charge in [-0.1, -0.05) is 32.9 Å². The number of pyridine rings is 1. The quantitative estimate of drug-likeness (QED) is 0.936. The summed E-state index contributed by atoms with van der Waals surface area (Å²) in [5.74, 6) is 0.345. The third kappa shape index (κ3) is 3.85. The van der Waals surface area contributed by atoms with Crippen LogP contribution in [0.25, 0.3) is 0 Å². The standard InChI is InChI=1S/C17H22N2O2S/c1-12-10-13(2)18-16(11-12)19-22(20,21)15-8-6-14(7-9-15)17(3,4)5/h6-11H,1-5H3,(H,18,19). The second-order valence-electron chi connectivity index (χ2n) is 6.55. The number of aromatic nitrogens is 1. The Labute approximate surface area is 132 Å². The van der Waals surface area contributed by atoms with Crippen molar-refractivity contribution in [3.8, 4) is 0 Å². The lowest BCUT2D eigenvalue weighted by Gasteiger charge is -2.19. The molecule has 0 amide bonds. The average Bonchev–Trinajstić information content (AvgIpc) is 2.36. The topological polar surface area (TPSA) is 59.1 Å². The number of benzene rings is 1. The van der Waals surface area contributed by atoms with E-state index < -0.39 is 10.0 Å². The molecule has 118 valence electrons. The minimum atomic E-state index is -3.62. The zero-order chi connectivity index (χ0) is 16.5. The summed E-state index contributed by atoms with van der Waals surface area (Å²) < 4.78 is 27.4. The molecule has 0 aliphatic heterocycles. The van der Waals surface area contributed by atoms with E-state index in [1.807, 2.05) is 32.0 Å². The van der Waals surface area contributed by atoms with Gasteiger partial charge in [0.2, 0.25) is 0 Å². The van der Waals surface area contributed by atoms with Gasteiger partial charge in [0.15, 0.2) is 0 Å². The van der Waals surface area contributed by atoms with Crippen LogP contribution < -0.4 is 4.72 Å². The Balaban J connectivity index is 2.30. The number of hydrogen-bond acceptors (Lipinski definition) is 3. The SMILES string of the molecule is Cc1cc(C)nc(NS(=O)(=O)c2ccc(C(C)(C)C)cc2)c1. The van der Waals surface area contributed by atoms with Crippen LogP contribution in [-0.4, -0.2) is 13.4 Å². The summed E-state index contributed by atoms with van der Waals surface area (Å²) in [6.07, 6.45) is 0. The van der Waals surface area contributed by atoms with Crippen LogP contribution in [0, 0.1) is 13.8 Å². The highest BCUT2D eigenvalue weighted by molar-refractivity contribution is 7.92. The lowest BCUT2D eigenvalue weighted by Crippen LogP contribution is -2.15. The van der Waals surface area contributed by atoms with Crippen LogP contribution in [0.3, 0.4) is 0 Å². The minimum Gasteiger partial charge on any atom is -0.263 e. The molecule has 1 aromatic carbocycles. The fourth-order valence-electron chi connectivity index (χ4n) is 2.22. The first-order valence-electron chi connectivity index (χ1n) is 7.16. The third-order valence-corrected chi connectivity index (χ3v) is 4.74. The van der Waals surface area contributed by atoms with Crippen molar-refractivity contribution >= 4 is 15.8 Å². The van der Waals surface area contributed by atoms with Crippen molar-refractivity contribution in [2.45, 2.75) is 44.9 Å². The Morgan fingerprint density at radius 2 is 1.59 bits per heavy atom. The first-order chi connectivity index (χ1) is 10.1. The highest BCUT2D eigenvalue weighted by Crippen LogP contribution is 2.24. The number of nitrogens with one attached hydrogen (secondary N) is 1. The molecule has 0 radical (unpaired) electrons. The lowest BCUT2D eigenvalue weighted by atomic mass is 9.87. The van der Waals surface area contributed by atoms with Crippen LogP contribution in [-0.2, 0) is 15.4 Å². The van der Waals surface area contributed by atoms with Gasteiger partial charge in [0.1, 0.15) is 5.82 Å². The minimum absolute atomic E-state index is 0.00900. The second kappa shape index (κ2) is 5.72. The Kier molecular flexibility index (Phi) is 4.29. The molecule has 0 aliphatic carbocycles. The van der Waals surface area contributed by atoms with Gasteiger partial charge in [0.25, 0.3) is 10.0 Å². The molecule has 2 aromatic rings. The van der Waals surface area contributed by atoms with Gasteiger partial charge in [-0.15, -0.1) is 0 Å². The fourth-order valence-corrected chi connectivity index (χ4v) is 3.22. The largest absolute Gasteiger partial charge is 0.263 e. The normalized spacial score (nSPS) is 12.2. The van der Waals surface area contributed by atoms with Crippen LogP contribution >= 0.6 is 0 Å². The molecule has 5 heteroatoms. The number of nitrogens with zero attached hydrogens (tertiary/aromatic N) is 1. The maximum absolute atomic E-state index is 12.4. The summed E-state index contributed by atoms with van der Waals surface area (Å²) in [4.78, 5) is 4.45. The van der Waals surface area contributed by atoms with E-state index in [4.69, 9.17) is 0 Å². The Bertz CT molecular complexity index is 753. The molecular formula is C17H22N2O2S. The summed E-state index contributed by atoms with van der Waals surface area (Å²) >= 11 is 0.